The summed E-state index contributed by atoms with van der Waals surface area (Å²) in [7, 11) is 0. The molecule has 0 aliphatic carbocycles. The van der Waals surface area contributed by atoms with Gasteiger partial charge < -0.3 is 19.7 Å². The first kappa shape index (κ1) is 11.5. The lowest BCUT2D eigenvalue weighted by atomic mass is 10.1. The van der Waals surface area contributed by atoms with Crippen molar-refractivity contribution in [2.75, 3.05) is 0 Å². The van der Waals surface area contributed by atoms with Crippen LogP contribution in [0.1, 0.15) is 5.56 Å². The van der Waals surface area contributed by atoms with Crippen molar-refractivity contribution in [1.29, 1.82) is 0 Å². The molecule has 0 unspecified atom stereocenters. The lowest BCUT2D eigenvalue weighted by molar-refractivity contribution is 0.351. The summed E-state index contributed by atoms with van der Waals surface area (Å²) < 4.78 is 6.52. The zero-order valence-electron chi connectivity index (χ0n) is 10.1. The second-order valence-corrected chi connectivity index (χ2v) is 4.41. The minimum Gasteiger partial charge on any atom is -0.503 e. The fourth-order valence-corrected chi connectivity index (χ4v) is 2.14. The van der Waals surface area contributed by atoms with Gasteiger partial charge in [0.2, 0.25) is 5.88 Å². The summed E-state index contributed by atoms with van der Waals surface area (Å²) in [6.45, 7) is 0.377. The zero-order valence-corrected chi connectivity index (χ0v) is 10.1. The van der Waals surface area contributed by atoms with E-state index in [1.807, 2.05) is 24.3 Å². The van der Waals surface area contributed by atoms with E-state index in [-0.39, 0.29) is 17.5 Å². The number of aromatic nitrogens is 1. The minimum absolute atomic E-state index is 0.153. The normalized spacial score (nSPS) is 11.2. The quantitative estimate of drug-likeness (QED) is 0.675. The van der Waals surface area contributed by atoms with Gasteiger partial charge in [0.25, 0.3) is 0 Å². The Hall–Kier alpha value is -2.56. The van der Waals surface area contributed by atoms with Gasteiger partial charge in [0, 0.05) is 18.0 Å². The molecule has 0 saturated carbocycles. The van der Waals surface area contributed by atoms with Gasteiger partial charge in [-0.3, -0.25) is 4.57 Å². The molecule has 0 saturated heterocycles. The van der Waals surface area contributed by atoms with Crippen LogP contribution in [0.25, 0.3) is 11.0 Å². The molecule has 0 atom stereocenters. The second-order valence-electron chi connectivity index (χ2n) is 4.41. The number of furan rings is 1. The molecule has 0 fully saturated rings. The molecule has 0 bridgehead atoms. The maximum absolute atomic E-state index is 9.57. The number of hydrogen-bond acceptors (Lipinski definition) is 4. The van der Waals surface area contributed by atoms with Gasteiger partial charge in [0.1, 0.15) is 5.58 Å². The van der Waals surface area contributed by atoms with E-state index in [4.69, 9.17) is 4.42 Å². The highest BCUT2D eigenvalue weighted by molar-refractivity contribution is 5.77. The summed E-state index contributed by atoms with van der Waals surface area (Å²) in [5.74, 6) is -0.788. The summed E-state index contributed by atoms with van der Waals surface area (Å²) in [5, 5.41) is 29.4. The Morgan fingerprint density at radius 1 is 1.05 bits per heavy atom. The number of hydrogen-bond donors (Lipinski definition) is 3. The highest BCUT2D eigenvalue weighted by atomic mass is 16.3. The molecular formula is C14H13NO4. The SMILES string of the molecule is Oc1cc(O)n(CCc2ccc3occc3c2)c1O. The average Bonchev–Trinajstić information content (AvgIpc) is 2.94. The predicted molar refractivity (Wildman–Crippen MR) is 69.3 cm³/mol. The lowest BCUT2D eigenvalue weighted by Gasteiger charge is -2.06. The first-order valence-electron chi connectivity index (χ1n) is 5.92. The van der Waals surface area contributed by atoms with Gasteiger partial charge in [-0.15, -0.1) is 0 Å². The van der Waals surface area contributed by atoms with Crippen LogP contribution < -0.4 is 0 Å². The molecule has 19 heavy (non-hydrogen) atoms. The van der Waals surface area contributed by atoms with Gasteiger partial charge in [-0.25, -0.2) is 0 Å². The molecule has 3 aromatic rings. The predicted octanol–water partition coefficient (Wildman–Crippen LogP) is 2.59. The lowest BCUT2D eigenvalue weighted by Crippen LogP contribution is -2.00. The smallest absolute Gasteiger partial charge is 0.237 e. The van der Waals surface area contributed by atoms with Crippen molar-refractivity contribution in [3.63, 3.8) is 0 Å². The van der Waals surface area contributed by atoms with Crippen molar-refractivity contribution in [2.45, 2.75) is 13.0 Å². The highest BCUT2D eigenvalue weighted by Crippen LogP contribution is 2.33. The molecule has 5 nitrogen and oxygen atoms in total. The summed E-state index contributed by atoms with van der Waals surface area (Å²) in [6.07, 6.45) is 2.26. The van der Waals surface area contributed by atoms with Crippen LogP contribution in [0.3, 0.4) is 0 Å². The summed E-state index contributed by atoms with van der Waals surface area (Å²) in [4.78, 5) is 0. The van der Waals surface area contributed by atoms with Gasteiger partial charge in [-0.1, -0.05) is 6.07 Å². The Kier molecular flexibility index (Phi) is 2.59. The maximum atomic E-state index is 9.57. The van der Waals surface area contributed by atoms with Crippen LogP contribution in [0.2, 0.25) is 0 Å². The van der Waals surface area contributed by atoms with Crippen LogP contribution in [0.15, 0.2) is 41.0 Å². The number of benzene rings is 1. The van der Waals surface area contributed by atoms with Crippen molar-refractivity contribution >= 4 is 11.0 Å². The molecule has 3 N–H and O–H groups in total. The van der Waals surface area contributed by atoms with Crippen LogP contribution >= 0.6 is 0 Å². The van der Waals surface area contributed by atoms with E-state index < -0.39 is 0 Å². The highest BCUT2D eigenvalue weighted by Gasteiger charge is 2.12. The first-order chi connectivity index (χ1) is 9.15. The van der Waals surface area contributed by atoms with E-state index >= 15 is 0 Å². The maximum Gasteiger partial charge on any atom is 0.237 e. The van der Waals surface area contributed by atoms with Gasteiger partial charge in [-0.2, -0.15) is 0 Å². The van der Waals surface area contributed by atoms with Gasteiger partial charge >= 0.3 is 0 Å². The van der Waals surface area contributed by atoms with E-state index in [0.29, 0.717) is 13.0 Å². The monoisotopic (exact) mass is 259 g/mol. The molecule has 0 amide bonds. The molecule has 0 radical (unpaired) electrons. The van der Waals surface area contributed by atoms with Crippen molar-refractivity contribution in [2.24, 2.45) is 0 Å². The molecule has 0 aliphatic heterocycles. The van der Waals surface area contributed by atoms with E-state index in [9.17, 15) is 15.3 Å². The van der Waals surface area contributed by atoms with E-state index in [2.05, 4.69) is 0 Å². The Labute approximate surface area is 108 Å². The Morgan fingerprint density at radius 2 is 1.89 bits per heavy atom. The standard InChI is InChI=1S/C14H13NO4/c16-11-8-13(17)15(14(11)18)5-3-9-1-2-12-10(7-9)4-6-19-12/h1-2,4,6-8,16-18H,3,5H2. The number of aromatic hydroxyl groups is 3. The van der Waals surface area contributed by atoms with E-state index in [0.717, 1.165) is 22.6 Å². The summed E-state index contributed by atoms with van der Waals surface area (Å²) >= 11 is 0. The van der Waals surface area contributed by atoms with Gasteiger partial charge in [-0.05, 0) is 30.2 Å². The Bertz CT molecular complexity index is 726. The van der Waals surface area contributed by atoms with Crippen LogP contribution in [-0.4, -0.2) is 19.9 Å². The van der Waals surface area contributed by atoms with Crippen LogP contribution in [0, 0.1) is 0 Å². The van der Waals surface area contributed by atoms with Crippen molar-refractivity contribution in [3.05, 3.63) is 42.2 Å². The number of aryl methyl sites for hydroxylation is 1. The fraction of sp³-hybridized carbons (Fsp3) is 0.143. The first-order valence-corrected chi connectivity index (χ1v) is 5.92. The molecule has 0 aliphatic rings. The average molecular weight is 259 g/mol. The van der Waals surface area contributed by atoms with Crippen LogP contribution in [0.5, 0.6) is 17.5 Å². The Balaban J connectivity index is 1.81. The fourth-order valence-electron chi connectivity index (χ4n) is 2.14. The topological polar surface area (TPSA) is 78.8 Å². The zero-order chi connectivity index (χ0) is 13.4. The molecule has 2 aromatic heterocycles. The van der Waals surface area contributed by atoms with Crippen molar-refractivity contribution in [1.82, 2.24) is 4.57 Å². The number of rotatable bonds is 3. The third-order valence-corrected chi connectivity index (χ3v) is 3.17. The van der Waals surface area contributed by atoms with Crippen molar-refractivity contribution in [3.8, 4) is 17.5 Å². The molecular weight excluding hydrogens is 246 g/mol. The summed E-state index contributed by atoms with van der Waals surface area (Å²) in [6, 6.07) is 8.82. The molecule has 5 heteroatoms. The van der Waals surface area contributed by atoms with Crippen LogP contribution in [-0.2, 0) is 13.0 Å². The second kappa shape index (κ2) is 4.28. The molecule has 98 valence electrons. The largest absolute Gasteiger partial charge is 0.503 e. The van der Waals surface area contributed by atoms with E-state index in [1.54, 1.807) is 6.26 Å². The third kappa shape index (κ3) is 1.99. The number of nitrogens with zero attached hydrogens (tertiary/aromatic N) is 1. The van der Waals surface area contributed by atoms with Crippen LogP contribution in [0.4, 0.5) is 0 Å². The van der Waals surface area contributed by atoms with Gasteiger partial charge in [0.05, 0.1) is 6.26 Å². The van der Waals surface area contributed by atoms with E-state index in [1.165, 1.54) is 4.57 Å². The van der Waals surface area contributed by atoms with Gasteiger partial charge in [0.15, 0.2) is 11.6 Å². The molecule has 3 rings (SSSR count). The molecule has 1 aromatic carbocycles. The molecule has 2 heterocycles. The Morgan fingerprint density at radius 3 is 2.63 bits per heavy atom. The van der Waals surface area contributed by atoms with Crippen molar-refractivity contribution < 1.29 is 19.7 Å². The summed E-state index contributed by atoms with van der Waals surface area (Å²) in [5.41, 5.74) is 1.88. The molecule has 0 spiro atoms. The minimum atomic E-state index is -0.318. The third-order valence-electron chi connectivity index (χ3n) is 3.17. The number of fused-ring (bicyclic) bond motifs is 1.